The molecular weight excluding hydrogens is 150 g/mol. The fraction of sp³-hybridized carbons (Fsp3) is 0.333. The Balaban J connectivity index is 3.93. The van der Waals surface area contributed by atoms with Crippen LogP contribution in [-0.2, 0) is 0 Å². The standard InChI is InChI=1S/C9H17N3/c1-4-7-11-9(10,6-3)12-8-5-2/h4-6,11-12H,1-3,7-8,10H2. The SMILES string of the molecule is C=CCNC(N)(C=C)NCC=C. The van der Waals surface area contributed by atoms with E-state index in [0.717, 1.165) is 0 Å². The molecule has 3 heteroatoms. The van der Waals surface area contributed by atoms with Crippen molar-refractivity contribution < 1.29 is 0 Å². The summed E-state index contributed by atoms with van der Waals surface area (Å²) < 4.78 is 0. The zero-order chi connectivity index (χ0) is 9.45. The van der Waals surface area contributed by atoms with Crippen molar-refractivity contribution in [3.63, 3.8) is 0 Å². The summed E-state index contributed by atoms with van der Waals surface area (Å²) >= 11 is 0. The van der Waals surface area contributed by atoms with E-state index in [1.54, 1.807) is 18.2 Å². The van der Waals surface area contributed by atoms with Crippen LogP contribution in [0.2, 0.25) is 0 Å². The van der Waals surface area contributed by atoms with E-state index in [2.05, 4.69) is 30.4 Å². The lowest BCUT2D eigenvalue weighted by Gasteiger charge is -2.27. The molecule has 3 nitrogen and oxygen atoms in total. The van der Waals surface area contributed by atoms with Crippen molar-refractivity contribution in [2.75, 3.05) is 13.1 Å². The first-order chi connectivity index (χ1) is 5.68. The van der Waals surface area contributed by atoms with Gasteiger partial charge in [0.05, 0.1) is 0 Å². The Morgan fingerprint density at radius 1 is 1.08 bits per heavy atom. The number of hydrogen-bond acceptors (Lipinski definition) is 3. The molecule has 0 fully saturated rings. The van der Waals surface area contributed by atoms with E-state index in [0.29, 0.717) is 13.1 Å². The Labute approximate surface area is 74.0 Å². The highest BCUT2D eigenvalue weighted by molar-refractivity contribution is 4.98. The van der Waals surface area contributed by atoms with Gasteiger partial charge < -0.3 is 0 Å². The van der Waals surface area contributed by atoms with Crippen molar-refractivity contribution in [3.8, 4) is 0 Å². The minimum atomic E-state index is -0.734. The number of nitrogens with two attached hydrogens (primary N) is 1. The smallest absolute Gasteiger partial charge is 0.141 e. The van der Waals surface area contributed by atoms with Crippen LogP contribution in [0.4, 0.5) is 0 Å². The lowest BCUT2D eigenvalue weighted by atomic mass is 10.3. The van der Waals surface area contributed by atoms with Crippen LogP contribution in [0, 0.1) is 0 Å². The Morgan fingerprint density at radius 2 is 1.50 bits per heavy atom. The average Bonchev–Trinajstić information content (AvgIpc) is 2.11. The van der Waals surface area contributed by atoms with Crippen molar-refractivity contribution in [2.24, 2.45) is 5.73 Å². The van der Waals surface area contributed by atoms with Gasteiger partial charge in [-0.05, 0) is 6.08 Å². The van der Waals surface area contributed by atoms with Crippen LogP contribution in [0.5, 0.6) is 0 Å². The van der Waals surface area contributed by atoms with Gasteiger partial charge in [0.25, 0.3) is 0 Å². The normalized spacial score (nSPS) is 10.8. The van der Waals surface area contributed by atoms with Crippen molar-refractivity contribution in [1.29, 1.82) is 0 Å². The van der Waals surface area contributed by atoms with Gasteiger partial charge in [-0.1, -0.05) is 18.7 Å². The third-order valence-corrected chi connectivity index (χ3v) is 1.40. The zero-order valence-corrected chi connectivity index (χ0v) is 7.34. The third-order valence-electron chi connectivity index (χ3n) is 1.40. The number of rotatable bonds is 7. The fourth-order valence-corrected chi connectivity index (χ4v) is 0.689. The Morgan fingerprint density at radius 3 is 1.75 bits per heavy atom. The molecule has 0 amide bonds. The van der Waals surface area contributed by atoms with Crippen LogP contribution in [0.3, 0.4) is 0 Å². The Kier molecular flexibility index (Phi) is 5.28. The molecule has 0 aliphatic heterocycles. The second-order valence-corrected chi connectivity index (χ2v) is 2.41. The second kappa shape index (κ2) is 5.71. The quantitative estimate of drug-likeness (QED) is 0.378. The van der Waals surface area contributed by atoms with E-state index in [4.69, 9.17) is 5.73 Å². The van der Waals surface area contributed by atoms with Gasteiger partial charge in [0.2, 0.25) is 0 Å². The molecule has 0 saturated carbocycles. The van der Waals surface area contributed by atoms with Gasteiger partial charge in [-0.15, -0.1) is 13.2 Å². The van der Waals surface area contributed by atoms with Gasteiger partial charge in [0.15, 0.2) is 0 Å². The third kappa shape index (κ3) is 4.08. The Bertz CT molecular complexity index is 151. The Hall–Kier alpha value is -0.900. The van der Waals surface area contributed by atoms with Gasteiger partial charge in [-0.2, -0.15) is 0 Å². The molecule has 0 aromatic carbocycles. The second-order valence-electron chi connectivity index (χ2n) is 2.41. The summed E-state index contributed by atoms with van der Waals surface area (Å²) in [6.07, 6.45) is 5.08. The van der Waals surface area contributed by atoms with Crippen LogP contribution in [0.15, 0.2) is 38.0 Å². The van der Waals surface area contributed by atoms with Crippen molar-refractivity contribution in [3.05, 3.63) is 38.0 Å². The summed E-state index contributed by atoms with van der Waals surface area (Å²) in [6, 6.07) is 0. The molecule has 0 aliphatic carbocycles. The van der Waals surface area contributed by atoms with E-state index >= 15 is 0 Å². The first kappa shape index (κ1) is 11.1. The van der Waals surface area contributed by atoms with Crippen molar-refractivity contribution in [2.45, 2.75) is 5.79 Å². The van der Waals surface area contributed by atoms with Crippen molar-refractivity contribution >= 4 is 0 Å². The summed E-state index contributed by atoms with van der Waals surface area (Å²) in [5.41, 5.74) is 5.83. The predicted octanol–water partition coefficient (Wildman–Crippen LogP) is 0.336. The van der Waals surface area contributed by atoms with E-state index in [-0.39, 0.29) is 0 Å². The molecule has 0 rings (SSSR count). The zero-order valence-electron chi connectivity index (χ0n) is 7.34. The largest absolute Gasteiger partial charge is 0.297 e. The van der Waals surface area contributed by atoms with Crippen LogP contribution in [-0.4, -0.2) is 18.9 Å². The molecule has 0 atom stereocenters. The minimum absolute atomic E-state index is 0.632. The van der Waals surface area contributed by atoms with Crippen LogP contribution < -0.4 is 16.4 Å². The molecule has 0 aromatic rings. The first-order valence-electron chi connectivity index (χ1n) is 3.83. The maximum Gasteiger partial charge on any atom is 0.141 e. The van der Waals surface area contributed by atoms with Gasteiger partial charge in [0.1, 0.15) is 5.79 Å². The van der Waals surface area contributed by atoms with E-state index < -0.39 is 5.79 Å². The summed E-state index contributed by atoms with van der Waals surface area (Å²) in [5.74, 6) is -0.734. The summed E-state index contributed by atoms with van der Waals surface area (Å²) in [4.78, 5) is 0. The number of hydrogen-bond donors (Lipinski definition) is 3. The lowest BCUT2D eigenvalue weighted by molar-refractivity contribution is 0.363. The van der Waals surface area contributed by atoms with Crippen LogP contribution in [0.1, 0.15) is 0 Å². The number of nitrogens with one attached hydrogen (secondary N) is 2. The summed E-state index contributed by atoms with van der Waals surface area (Å²) in [5, 5.41) is 6.03. The first-order valence-corrected chi connectivity index (χ1v) is 3.83. The van der Waals surface area contributed by atoms with Crippen molar-refractivity contribution in [1.82, 2.24) is 10.6 Å². The van der Waals surface area contributed by atoms with E-state index in [1.165, 1.54) is 0 Å². The maximum atomic E-state index is 5.83. The molecule has 68 valence electrons. The molecule has 0 heterocycles. The summed E-state index contributed by atoms with van der Waals surface area (Å²) in [7, 11) is 0. The maximum absolute atomic E-state index is 5.83. The summed E-state index contributed by atoms with van der Waals surface area (Å²) in [6.45, 7) is 12.0. The molecule has 0 bridgehead atoms. The highest BCUT2D eigenvalue weighted by Crippen LogP contribution is 1.90. The molecule has 4 N–H and O–H groups in total. The fourth-order valence-electron chi connectivity index (χ4n) is 0.689. The highest BCUT2D eigenvalue weighted by Gasteiger charge is 2.16. The average molecular weight is 167 g/mol. The van der Waals surface area contributed by atoms with Gasteiger partial charge in [-0.25, -0.2) is 0 Å². The molecule has 0 spiro atoms. The molecule has 0 radical (unpaired) electrons. The predicted molar refractivity (Wildman–Crippen MR) is 53.5 cm³/mol. The van der Waals surface area contributed by atoms with E-state index in [9.17, 15) is 0 Å². The van der Waals surface area contributed by atoms with Crippen LogP contribution >= 0.6 is 0 Å². The molecule has 0 unspecified atom stereocenters. The molecule has 12 heavy (non-hydrogen) atoms. The topological polar surface area (TPSA) is 50.1 Å². The lowest BCUT2D eigenvalue weighted by Crippen LogP contribution is -2.62. The minimum Gasteiger partial charge on any atom is -0.297 e. The monoisotopic (exact) mass is 167 g/mol. The van der Waals surface area contributed by atoms with Gasteiger partial charge >= 0.3 is 0 Å². The van der Waals surface area contributed by atoms with E-state index in [1.807, 2.05) is 0 Å². The molecule has 0 saturated heterocycles. The molecule has 0 aliphatic rings. The van der Waals surface area contributed by atoms with Gasteiger partial charge in [-0.3, -0.25) is 16.4 Å². The highest BCUT2D eigenvalue weighted by atomic mass is 15.3. The molecule has 0 aromatic heterocycles. The molecular formula is C9H17N3. The van der Waals surface area contributed by atoms with Gasteiger partial charge in [0, 0.05) is 13.1 Å². The van der Waals surface area contributed by atoms with Crippen LogP contribution in [0.25, 0.3) is 0 Å².